The Morgan fingerprint density at radius 3 is 2.50 bits per heavy atom. The van der Waals surface area contributed by atoms with Crippen molar-refractivity contribution in [2.75, 3.05) is 5.73 Å². The number of halogens is 2. The lowest BCUT2D eigenvalue weighted by Crippen LogP contribution is -2.42. The van der Waals surface area contributed by atoms with E-state index in [0.717, 1.165) is 31.7 Å². The van der Waals surface area contributed by atoms with Crippen LogP contribution in [0, 0.1) is 11.6 Å². The van der Waals surface area contributed by atoms with Gasteiger partial charge in [0.25, 0.3) is 0 Å². The molecule has 1 aromatic carbocycles. The molecule has 2 aliphatic rings. The first-order valence-electron chi connectivity index (χ1n) is 6.29. The van der Waals surface area contributed by atoms with Gasteiger partial charge in [0.2, 0.25) is 5.82 Å². The Balaban J connectivity index is 1.78. The molecule has 2 bridgehead atoms. The normalized spacial score (nSPS) is 30.4. The average molecular weight is 254 g/mol. The summed E-state index contributed by atoms with van der Waals surface area (Å²) in [4.78, 5) is 0. The Morgan fingerprint density at radius 1 is 1.17 bits per heavy atom. The molecule has 0 saturated carbocycles. The fourth-order valence-corrected chi connectivity index (χ4v) is 2.93. The molecule has 2 unspecified atom stereocenters. The molecule has 3 nitrogen and oxygen atoms in total. The van der Waals surface area contributed by atoms with E-state index < -0.39 is 11.6 Å². The van der Waals surface area contributed by atoms with Crippen LogP contribution in [0.15, 0.2) is 12.1 Å². The Labute approximate surface area is 104 Å². The summed E-state index contributed by atoms with van der Waals surface area (Å²) in [6.45, 7) is 0. The average Bonchev–Trinajstić information content (AvgIpc) is 2.69. The number of benzene rings is 1. The number of hydrogen-bond acceptors (Lipinski definition) is 3. The zero-order valence-electron chi connectivity index (χ0n) is 9.96. The number of hydrogen-bond donors (Lipinski definition) is 2. The second-order valence-corrected chi connectivity index (χ2v) is 5.13. The Morgan fingerprint density at radius 2 is 1.83 bits per heavy atom. The van der Waals surface area contributed by atoms with Gasteiger partial charge in [-0.2, -0.15) is 4.39 Å². The van der Waals surface area contributed by atoms with Crippen molar-refractivity contribution in [3.05, 3.63) is 23.8 Å². The molecule has 2 saturated heterocycles. The number of nitrogen functional groups attached to an aromatic ring is 1. The number of fused-ring (bicyclic) bond motifs is 2. The van der Waals surface area contributed by atoms with Crippen LogP contribution in [0.1, 0.15) is 25.7 Å². The molecule has 18 heavy (non-hydrogen) atoms. The van der Waals surface area contributed by atoms with Gasteiger partial charge in [0.1, 0.15) is 6.10 Å². The van der Waals surface area contributed by atoms with Crippen LogP contribution in [0.2, 0.25) is 0 Å². The third-order valence-electron chi connectivity index (χ3n) is 3.79. The second-order valence-electron chi connectivity index (χ2n) is 5.13. The monoisotopic (exact) mass is 254 g/mol. The zero-order chi connectivity index (χ0) is 12.7. The second kappa shape index (κ2) is 4.39. The van der Waals surface area contributed by atoms with Gasteiger partial charge in [-0.1, -0.05) is 0 Å². The van der Waals surface area contributed by atoms with Crippen LogP contribution in [-0.2, 0) is 0 Å². The fraction of sp³-hybridized carbons (Fsp3) is 0.538. The van der Waals surface area contributed by atoms with Gasteiger partial charge in [0.05, 0.1) is 5.69 Å². The number of nitrogens with two attached hydrogens (primary N) is 1. The van der Waals surface area contributed by atoms with E-state index in [1.807, 2.05) is 0 Å². The maximum Gasteiger partial charge on any atom is 0.202 e. The summed E-state index contributed by atoms with van der Waals surface area (Å²) < 4.78 is 32.4. The highest BCUT2D eigenvalue weighted by molar-refractivity contribution is 5.53. The van der Waals surface area contributed by atoms with E-state index in [2.05, 4.69) is 5.32 Å². The topological polar surface area (TPSA) is 47.3 Å². The van der Waals surface area contributed by atoms with Crippen molar-refractivity contribution in [3.63, 3.8) is 0 Å². The van der Waals surface area contributed by atoms with Crippen molar-refractivity contribution in [2.45, 2.75) is 43.9 Å². The van der Waals surface area contributed by atoms with E-state index in [1.165, 1.54) is 6.07 Å². The molecular weight excluding hydrogens is 238 g/mol. The van der Waals surface area contributed by atoms with Crippen molar-refractivity contribution in [2.24, 2.45) is 0 Å². The number of ether oxygens (including phenoxy) is 1. The maximum absolute atomic E-state index is 13.6. The predicted molar refractivity (Wildman–Crippen MR) is 64.4 cm³/mol. The standard InChI is InChI=1S/C13H16F2N2O/c14-10-3-4-11(16)13(12(10)15)18-9-5-7-1-2-8(6-9)17-7/h3-4,7-9,17H,1-2,5-6,16H2. The summed E-state index contributed by atoms with van der Waals surface area (Å²) in [6, 6.07) is 3.23. The van der Waals surface area contributed by atoms with Crippen LogP contribution in [0.5, 0.6) is 5.75 Å². The van der Waals surface area contributed by atoms with Gasteiger partial charge >= 0.3 is 0 Å². The summed E-state index contributed by atoms with van der Waals surface area (Å²) in [5.74, 6) is -2.04. The molecule has 2 fully saturated rings. The summed E-state index contributed by atoms with van der Waals surface area (Å²) in [7, 11) is 0. The maximum atomic E-state index is 13.6. The fourth-order valence-electron chi connectivity index (χ4n) is 2.93. The van der Waals surface area contributed by atoms with Crippen molar-refractivity contribution in [1.82, 2.24) is 5.32 Å². The van der Waals surface area contributed by atoms with Crippen LogP contribution < -0.4 is 15.8 Å². The SMILES string of the molecule is Nc1ccc(F)c(F)c1OC1CC2CCC(C1)N2. The van der Waals surface area contributed by atoms with Gasteiger partial charge in [0, 0.05) is 12.1 Å². The van der Waals surface area contributed by atoms with E-state index in [1.54, 1.807) is 0 Å². The third kappa shape index (κ3) is 2.03. The van der Waals surface area contributed by atoms with E-state index in [9.17, 15) is 8.78 Å². The lowest BCUT2D eigenvalue weighted by Gasteiger charge is -2.30. The number of piperidine rings is 1. The van der Waals surface area contributed by atoms with Crippen molar-refractivity contribution < 1.29 is 13.5 Å². The van der Waals surface area contributed by atoms with Gasteiger partial charge in [-0.3, -0.25) is 0 Å². The van der Waals surface area contributed by atoms with Crippen molar-refractivity contribution in [3.8, 4) is 5.75 Å². The molecular formula is C13H16F2N2O. The minimum absolute atomic E-state index is 0.0812. The van der Waals surface area contributed by atoms with Crippen LogP contribution >= 0.6 is 0 Å². The first kappa shape index (κ1) is 11.7. The van der Waals surface area contributed by atoms with Crippen molar-refractivity contribution in [1.29, 1.82) is 0 Å². The van der Waals surface area contributed by atoms with Crippen molar-refractivity contribution >= 4 is 5.69 Å². The summed E-state index contributed by atoms with van der Waals surface area (Å²) >= 11 is 0. The molecule has 0 amide bonds. The van der Waals surface area contributed by atoms with Crippen LogP contribution in [0.3, 0.4) is 0 Å². The highest BCUT2D eigenvalue weighted by Gasteiger charge is 2.35. The molecule has 0 aromatic heterocycles. The van der Waals surface area contributed by atoms with E-state index in [0.29, 0.717) is 12.1 Å². The van der Waals surface area contributed by atoms with Crippen LogP contribution in [-0.4, -0.2) is 18.2 Å². The molecule has 3 rings (SSSR count). The molecule has 98 valence electrons. The van der Waals surface area contributed by atoms with E-state index in [4.69, 9.17) is 10.5 Å². The van der Waals surface area contributed by atoms with Gasteiger partial charge in [-0.15, -0.1) is 0 Å². The van der Waals surface area contributed by atoms with Gasteiger partial charge < -0.3 is 15.8 Å². The summed E-state index contributed by atoms with van der Waals surface area (Å²) in [5, 5.41) is 3.47. The summed E-state index contributed by atoms with van der Waals surface area (Å²) in [5.41, 5.74) is 5.80. The Kier molecular flexibility index (Phi) is 2.86. The van der Waals surface area contributed by atoms with Crippen LogP contribution in [0.4, 0.5) is 14.5 Å². The molecule has 0 radical (unpaired) electrons. The lowest BCUT2D eigenvalue weighted by molar-refractivity contribution is 0.132. The highest BCUT2D eigenvalue weighted by Crippen LogP contribution is 2.33. The molecule has 3 N–H and O–H groups in total. The quantitative estimate of drug-likeness (QED) is 0.795. The minimum atomic E-state index is -0.985. The summed E-state index contributed by atoms with van der Waals surface area (Å²) in [6.07, 6.45) is 3.83. The Hall–Kier alpha value is -1.36. The van der Waals surface area contributed by atoms with E-state index in [-0.39, 0.29) is 17.5 Å². The smallest absolute Gasteiger partial charge is 0.202 e. The van der Waals surface area contributed by atoms with Crippen LogP contribution in [0.25, 0.3) is 0 Å². The molecule has 5 heteroatoms. The third-order valence-corrected chi connectivity index (χ3v) is 3.79. The first-order valence-corrected chi connectivity index (χ1v) is 6.29. The molecule has 0 spiro atoms. The number of rotatable bonds is 2. The number of nitrogens with one attached hydrogen (secondary N) is 1. The van der Waals surface area contributed by atoms with E-state index >= 15 is 0 Å². The molecule has 2 aliphatic heterocycles. The van der Waals surface area contributed by atoms with Gasteiger partial charge in [-0.05, 0) is 37.8 Å². The molecule has 1 aromatic rings. The molecule has 2 atom stereocenters. The zero-order valence-corrected chi connectivity index (χ0v) is 9.96. The van der Waals surface area contributed by atoms with Gasteiger partial charge in [-0.25, -0.2) is 4.39 Å². The first-order chi connectivity index (χ1) is 8.63. The largest absolute Gasteiger partial charge is 0.485 e. The highest BCUT2D eigenvalue weighted by atomic mass is 19.2. The molecule has 2 heterocycles. The molecule has 0 aliphatic carbocycles. The minimum Gasteiger partial charge on any atom is -0.485 e. The van der Waals surface area contributed by atoms with Gasteiger partial charge in [0.15, 0.2) is 11.6 Å². The predicted octanol–water partition coefficient (Wildman–Crippen LogP) is 2.21. The lowest BCUT2D eigenvalue weighted by atomic mass is 10.0. The number of anilines is 1. The Bertz CT molecular complexity index is 455.